The van der Waals surface area contributed by atoms with Crippen molar-refractivity contribution in [3.8, 4) is 0 Å². The summed E-state index contributed by atoms with van der Waals surface area (Å²) < 4.78 is 0. The van der Waals surface area contributed by atoms with Crippen LogP contribution in [0.4, 0.5) is 5.69 Å². The Morgan fingerprint density at radius 2 is 1.55 bits per heavy atom. The average Bonchev–Trinajstić information content (AvgIpc) is 2.10. The van der Waals surface area contributed by atoms with Gasteiger partial charge in [0.25, 0.3) is 0 Å². The number of hydrogen-bond donors (Lipinski definition) is 1. The van der Waals surface area contributed by atoms with Crippen molar-refractivity contribution in [2.24, 2.45) is 5.11 Å². The summed E-state index contributed by atoms with van der Waals surface area (Å²) in [4.78, 5) is 0. The van der Waals surface area contributed by atoms with Crippen molar-refractivity contribution in [2.45, 2.75) is 20.8 Å². The van der Waals surface area contributed by atoms with Crippen LogP contribution in [-0.4, -0.2) is 0 Å². The molecular formula is C9H14N2. The highest BCUT2D eigenvalue weighted by atomic mass is 14.9. The van der Waals surface area contributed by atoms with Gasteiger partial charge in [-0.15, -0.1) is 0 Å². The molecule has 0 aliphatic carbocycles. The lowest BCUT2D eigenvalue weighted by atomic mass is 10.2. The summed E-state index contributed by atoms with van der Waals surface area (Å²) >= 11 is 0. The lowest BCUT2D eigenvalue weighted by Crippen LogP contribution is -1.66. The van der Waals surface area contributed by atoms with E-state index in [0.29, 0.717) is 5.69 Å². The second kappa shape index (κ2) is 5.59. The largest absolute Gasteiger partial charge is 0.204 e. The first-order chi connectivity index (χ1) is 5.33. The van der Waals surface area contributed by atoms with E-state index in [1.807, 2.05) is 45.0 Å². The molecule has 0 unspecified atom stereocenters. The van der Waals surface area contributed by atoms with Crippen LogP contribution >= 0.6 is 0 Å². The Morgan fingerprint density at radius 3 is 1.91 bits per heavy atom. The summed E-state index contributed by atoms with van der Waals surface area (Å²) in [5.74, 6) is 0. The molecular weight excluding hydrogens is 136 g/mol. The minimum absolute atomic E-state index is 0.709. The molecule has 2 heteroatoms. The summed E-state index contributed by atoms with van der Waals surface area (Å²) in [6, 6.07) is 7.52. The molecule has 11 heavy (non-hydrogen) atoms. The first kappa shape index (κ1) is 9.82. The van der Waals surface area contributed by atoms with E-state index in [9.17, 15) is 0 Å². The smallest absolute Gasteiger partial charge is 0.0850 e. The Bertz CT molecular complexity index is 201. The van der Waals surface area contributed by atoms with Gasteiger partial charge in [-0.2, -0.15) is 5.11 Å². The van der Waals surface area contributed by atoms with Crippen molar-refractivity contribution in [1.29, 1.82) is 5.53 Å². The minimum atomic E-state index is 0.709. The molecule has 0 saturated heterocycles. The van der Waals surface area contributed by atoms with Gasteiger partial charge >= 0.3 is 0 Å². The lowest BCUT2D eigenvalue weighted by molar-refractivity contribution is 1.15. The summed E-state index contributed by atoms with van der Waals surface area (Å²) in [6.07, 6.45) is 0. The van der Waals surface area contributed by atoms with Crippen LogP contribution in [-0.2, 0) is 0 Å². The molecule has 1 aromatic rings. The molecule has 1 N–H and O–H groups in total. The molecule has 0 fully saturated rings. The van der Waals surface area contributed by atoms with Gasteiger partial charge < -0.3 is 0 Å². The number of nitrogens with zero attached hydrogens (tertiary/aromatic N) is 1. The number of benzene rings is 1. The van der Waals surface area contributed by atoms with Crippen molar-refractivity contribution in [1.82, 2.24) is 0 Å². The number of nitrogens with one attached hydrogen (secondary N) is 1. The topological polar surface area (TPSA) is 36.2 Å². The number of hydrogen-bond acceptors (Lipinski definition) is 2. The van der Waals surface area contributed by atoms with Crippen molar-refractivity contribution < 1.29 is 0 Å². The molecule has 0 saturated carbocycles. The summed E-state index contributed by atoms with van der Waals surface area (Å²) in [7, 11) is 0. The highest BCUT2D eigenvalue weighted by Gasteiger charge is 1.84. The van der Waals surface area contributed by atoms with Crippen LogP contribution in [0.5, 0.6) is 0 Å². The van der Waals surface area contributed by atoms with E-state index < -0.39 is 0 Å². The van der Waals surface area contributed by atoms with Gasteiger partial charge in [0.2, 0.25) is 0 Å². The molecule has 0 aliphatic rings. The Kier molecular flexibility index (Phi) is 4.99. The van der Waals surface area contributed by atoms with Gasteiger partial charge in [-0.25, -0.2) is 5.53 Å². The predicted octanol–water partition coefficient (Wildman–Crippen LogP) is 3.68. The van der Waals surface area contributed by atoms with E-state index in [4.69, 9.17) is 5.53 Å². The van der Waals surface area contributed by atoms with E-state index in [0.717, 1.165) is 0 Å². The monoisotopic (exact) mass is 150 g/mol. The van der Waals surface area contributed by atoms with E-state index in [1.54, 1.807) is 0 Å². The van der Waals surface area contributed by atoms with Crippen molar-refractivity contribution in [3.63, 3.8) is 0 Å². The molecule has 0 aliphatic heterocycles. The fourth-order valence-corrected chi connectivity index (χ4v) is 0.619. The van der Waals surface area contributed by atoms with E-state index in [2.05, 4.69) is 5.11 Å². The van der Waals surface area contributed by atoms with Crippen molar-refractivity contribution in [2.75, 3.05) is 0 Å². The maximum absolute atomic E-state index is 6.64. The standard InChI is InChI=1S/C7H8N2.C2H6/c1-6-2-4-7(9-8)5-3-6;1-2/h2-5,8H,1H3;1-2H3. The molecule has 0 spiro atoms. The average molecular weight is 150 g/mol. The van der Waals surface area contributed by atoms with Crippen LogP contribution in [0.2, 0.25) is 0 Å². The van der Waals surface area contributed by atoms with E-state index in [1.165, 1.54) is 5.56 Å². The minimum Gasteiger partial charge on any atom is -0.204 e. The molecule has 2 nitrogen and oxygen atoms in total. The molecule has 0 amide bonds. The SMILES string of the molecule is CC.Cc1ccc(N=N)cc1. The highest BCUT2D eigenvalue weighted by Crippen LogP contribution is 2.10. The van der Waals surface area contributed by atoms with Gasteiger partial charge in [0.05, 0.1) is 5.69 Å². The molecule has 0 aromatic heterocycles. The third-order valence-electron chi connectivity index (χ3n) is 1.16. The molecule has 0 bridgehead atoms. The Hall–Kier alpha value is -1.18. The third kappa shape index (κ3) is 3.50. The fourth-order valence-electron chi connectivity index (χ4n) is 0.619. The normalized spacial score (nSPS) is 7.91. The Morgan fingerprint density at radius 1 is 1.09 bits per heavy atom. The fraction of sp³-hybridized carbons (Fsp3) is 0.333. The molecule has 60 valence electrons. The first-order valence-electron chi connectivity index (χ1n) is 3.77. The van der Waals surface area contributed by atoms with Crippen LogP contribution in [0.15, 0.2) is 29.4 Å². The van der Waals surface area contributed by atoms with Gasteiger partial charge in [-0.1, -0.05) is 31.5 Å². The second-order valence-corrected chi connectivity index (χ2v) is 1.95. The first-order valence-corrected chi connectivity index (χ1v) is 3.77. The molecule has 0 atom stereocenters. The Labute approximate surface area is 67.8 Å². The van der Waals surface area contributed by atoms with Crippen molar-refractivity contribution in [3.05, 3.63) is 29.8 Å². The number of aryl methyl sites for hydroxylation is 1. The summed E-state index contributed by atoms with van der Waals surface area (Å²) in [5, 5.41) is 3.26. The van der Waals surface area contributed by atoms with Crippen LogP contribution in [0.3, 0.4) is 0 Å². The molecule has 0 radical (unpaired) electrons. The molecule has 0 heterocycles. The molecule has 1 aromatic carbocycles. The maximum atomic E-state index is 6.64. The number of rotatable bonds is 1. The van der Waals surface area contributed by atoms with E-state index >= 15 is 0 Å². The van der Waals surface area contributed by atoms with Crippen molar-refractivity contribution >= 4 is 5.69 Å². The maximum Gasteiger partial charge on any atom is 0.0850 e. The van der Waals surface area contributed by atoms with E-state index in [-0.39, 0.29) is 0 Å². The van der Waals surface area contributed by atoms with Gasteiger partial charge in [0, 0.05) is 0 Å². The summed E-state index contributed by atoms with van der Waals surface area (Å²) in [5.41, 5.74) is 8.54. The predicted molar refractivity (Wildman–Crippen MR) is 47.3 cm³/mol. The summed E-state index contributed by atoms with van der Waals surface area (Å²) in [6.45, 7) is 6.01. The molecule has 1 rings (SSSR count). The third-order valence-corrected chi connectivity index (χ3v) is 1.16. The quantitative estimate of drug-likeness (QED) is 0.593. The van der Waals surface area contributed by atoms with Gasteiger partial charge in [-0.05, 0) is 19.1 Å². The zero-order valence-corrected chi connectivity index (χ0v) is 7.26. The zero-order valence-electron chi connectivity index (χ0n) is 7.26. The lowest BCUT2D eigenvalue weighted by Gasteiger charge is -1.89. The van der Waals surface area contributed by atoms with Gasteiger partial charge in [0.1, 0.15) is 0 Å². The van der Waals surface area contributed by atoms with Crippen LogP contribution < -0.4 is 0 Å². The van der Waals surface area contributed by atoms with Crippen LogP contribution in [0.1, 0.15) is 19.4 Å². The zero-order chi connectivity index (χ0) is 8.69. The van der Waals surface area contributed by atoms with Crippen LogP contribution in [0, 0.1) is 12.5 Å². The highest BCUT2D eigenvalue weighted by molar-refractivity contribution is 5.37. The Balaban J connectivity index is 0.000000461. The van der Waals surface area contributed by atoms with Gasteiger partial charge in [0.15, 0.2) is 0 Å². The van der Waals surface area contributed by atoms with Gasteiger partial charge in [-0.3, -0.25) is 0 Å². The second-order valence-electron chi connectivity index (χ2n) is 1.95. The van der Waals surface area contributed by atoms with Crippen LogP contribution in [0.25, 0.3) is 0 Å².